The lowest BCUT2D eigenvalue weighted by atomic mass is 9.96. The van der Waals surface area contributed by atoms with Crippen LogP contribution < -0.4 is 5.32 Å². The van der Waals surface area contributed by atoms with Crippen LogP contribution in [-0.4, -0.2) is 37.8 Å². The Hall–Kier alpha value is -1.40. The minimum atomic E-state index is -3.47. The van der Waals surface area contributed by atoms with Crippen molar-refractivity contribution in [2.24, 2.45) is 11.8 Å². The van der Waals surface area contributed by atoms with Crippen molar-refractivity contribution in [1.29, 1.82) is 0 Å². The van der Waals surface area contributed by atoms with Crippen LogP contribution in [-0.2, 0) is 27.7 Å². The Kier molecular flexibility index (Phi) is 6.81. The van der Waals surface area contributed by atoms with Gasteiger partial charge < -0.3 is 5.32 Å². The molecule has 0 radical (unpaired) electrons. The SMILES string of the molecule is CC(C)CCC(C)NC(=O)C1CCN(S(=O)(=O)c2ccc3c(c2)CCC3)CC1. The highest BCUT2D eigenvalue weighted by molar-refractivity contribution is 7.89. The molecule has 3 rings (SSSR count). The van der Waals surface area contributed by atoms with Gasteiger partial charge in [-0.15, -0.1) is 0 Å². The molecule has 2 aliphatic rings. The maximum atomic E-state index is 13.0. The highest BCUT2D eigenvalue weighted by Gasteiger charge is 2.32. The minimum absolute atomic E-state index is 0.0748. The molecule has 1 fully saturated rings. The quantitative estimate of drug-likeness (QED) is 0.753. The van der Waals surface area contributed by atoms with Gasteiger partial charge in [-0.2, -0.15) is 4.31 Å². The van der Waals surface area contributed by atoms with Gasteiger partial charge >= 0.3 is 0 Å². The van der Waals surface area contributed by atoms with E-state index in [1.54, 1.807) is 10.4 Å². The van der Waals surface area contributed by atoms with Gasteiger partial charge in [-0.3, -0.25) is 4.79 Å². The Balaban J connectivity index is 1.55. The normalized spacial score (nSPS) is 19.6. The van der Waals surface area contributed by atoms with E-state index in [-0.39, 0.29) is 17.9 Å². The van der Waals surface area contributed by atoms with E-state index in [1.807, 2.05) is 19.1 Å². The molecule has 1 heterocycles. The van der Waals surface area contributed by atoms with Gasteiger partial charge in [-0.25, -0.2) is 8.42 Å². The number of piperidine rings is 1. The predicted octanol–water partition coefficient (Wildman–Crippen LogP) is 3.52. The van der Waals surface area contributed by atoms with Gasteiger partial charge in [0.2, 0.25) is 15.9 Å². The fourth-order valence-corrected chi connectivity index (χ4v) is 5.75. The molecule has 0 aromatic heterocycles. The third kappa shape index (κ3) is 4.95. The van der Waals surface area contributed by atoms with Crippen LogP contribution in [0, 0.1) is 11.8 Å². The van der Waals surface area contributed by atoms with Crippen LogP contribution in [0.15, 0.2) is 23.1 Å². The molecule has 28 heavy (non-hydrogen) atoms. The summed E-state index contributed by atoms with van der Waals surface area (Å²) in [5.74, 6) is 0.616. The monoisotopic (exact) mass is 406 g/mol. The number of amides is 1. The molecule has 156 valence electrons. The molecule has 1 aromatic rings. The number of carbonyl (C=O) groups is 1. The van der Waals surface area contributed by atoms with Gasteiger partial charge in [-0.1, -0.05) is 19.9 Å². The lowest BCUT2D eigenvalue weighted by Crippen LogP contribution is -2.44. The van der Waals surface area contributed by atoms with E-state index in [0.717, 1.165) is 32.1 Å². The summed E-state index contributed by atoms with van der Waals surface area (Å²) in [7, 11) is -3.47. The third-order valence-corrected chi connectivity index (χ3v) is 7.99. The van der Waals surface area contributed by atoms with E-state index in [0.29, 0.717) is 36.7 Å². The van der Waals surface area contributed by atoms with E-state index in [9.17, 15) is 13.2 Å². The molecule has 1 amide bonds. The van der Waals surface area contributed by atoms with Crippen molar-refractivity contribution in [2.45, 2.75) is 76.7 Å². The smallest absolute Gasteiger partial charge is 0.243 e. The molecule has 1 aliphatic carbocycles. The van der Waals surface area contributed by atoms with Gasteiger partial charge in [0.05, 0.1) is 4.90 Å². The van der Waals surface area contributed by atoms with Crippen LogP contribution in [0.25, 0.3) is 0 Å². The van der Waals surface area contributed by atoms with Crippen molar-refractivity contribution in [3.63, 3.8) is 0 Å². The molecule has 1 aromatic carbocycles. The topological polar surface area (TPSA) is 66.5 Å². The Morgan fingerprint density at radius 2 is 1.79 bits per heavy atom. The minimum Gasteiger partial charge on any atom is -0.353 e. The maximum absolute atomic E-state index is 13.0. The average molecular weight is 407 g/mol. The van der Waals surface area contributed by atoms with Crippen LogP contribution in [0.2, 0.25) is 0 Å². The number of rotatable bonds is 7. The number of fused-ring (bicyclic) bond motifs is 1. The highest BCUT2D eigenvalue weighted by atomic mass is 32.2. The molecule has 1 atom stereocenters. The Morgan fingerprint density at radius 3 is 2.46 bits per heavy atom. The first-order valence-corrected chi connectivity index (χ1v) is 12.1. The molecule has 6 heteroatoms. The van der Waals surface area contributed by atoms with Crippen LogP contribution in [0.4, 0.5) is 0 Å². The zero-order valence-corrected chi connectivity index (χ0v) is 18.2. The largest absolute Gasteiger partial charge is 0.353 e. The first-order valence-electron chi connectivity index (χ1n) is 10.7. The summed E-state index contributed by atoms with van der Waals surface area (Å²) < 4.78 is 27.6. The third-order valence-electron chi connectivity index (χ3n) is 6.10. The molecule has 1 unspecified atom stereocenters. The molecular formula is C22H34N2O3S. The lowest BCUT2D eigenvalue weighted by molar-refractivity contribution is -0.126. The number of benzene rings is 1. The molecule has 0 spiro atoms. The van der Waals surface area contributed by atoms with E-state index >= 15 is 0 Å². The van der Waals surface area contributed by atoms with Crippen molar-refractivity contribution in [1.82, 2.24) is 9.62 Å². The van der Waals surface area contributed by atoms with Crippen molar-refractivity contribution in [3.8, 4) is 0 Å². The fraction of sp³-hybridized carbons (Fsp3) is 0.682. The first kappa shape index (κ1) is 21.3. The summed E-state index contributed by atoms with van der Waals surface area (Å²) in [5.41, 5.74) is 2.45. The summed E-state index contributed by atoms with van der Waals surface area (Å²) in [6, 6.07) is 5.73. The maximum Gasteiger partial charge on any atom is 0.243 e. The Labute approximate surface area is 169 Å². The highest BCUT2D eigenvalue weighted by Crippen LogP contribution is 2.28. The summed E-state index contributed by atoms with van der Waals surface area (Å²) in [5, 5.41) is 3.11. The van der Waals surface area contributed by atoms with Gasteiger partial charge in [0, 0.05) is 25.0 Å². The molecule has 5 nitrogen and oxygen atoms in total. The first-order chi connectivity index (χ1) is 13.3. The summed E-state index contributed by atoms with van der Waals surface area (Å²) in [6.45, 7) is 7.25. The van der Waals surface area contributed by atoms with Crippen LogP contribution in [0.3, 0.4) is 0 Å². The second kappa shape index (κ2) is 8.95. The number of aryl methyl sites for hydroxylation is 2. The van der Waals surface area contributed by atoms with E-state index in [1.165, 1.54) is 11.1 Å². The van der Waals surface area contributed by atoms with Crippen molar-refractivity contribution >= 4 is 15.9 Å². The number of nitrogens with zero attached hydrogens (tertiary/aromatic N) is 1. The van der Waals surface area contributed by atoms with E-state index < -0.39 is 10.0 Å². The number of hydrogen-bond donors (Lipinski definition) is 1. The van der Waals surface area contributed by atoms with Crippen LogP contribution in [0.5, 0.6) is 0 Å². The predicted molar refractivity (Wildman–Crippen MR) is 112 cm³/mol. The van der Waals surface area contributed by atoms with Gasteiger partial charge in [-0.05, 0) is 81.0 Å². The number of hydrogen-bond acceptors (Lipinski definition) is 3. The zero-order valence-electron chi connectivity index (χ0n) is 17.4. The number of carbonyl (C=O) groups excluding carboxylic acids is 1. The lowest BCUT2D eigenvalue weighted by Gasteiger charge is -2.31. The average Bonchev–Trinajstić information content (AvgIpc) is 3.14. The molecular weight excluding hydrogens is 372 g/mol. The molecule has 0 bridgehead atoms. The molecule has 1 saturated heterocycles. The van der Waals surface area contributed by atoms with E-state index in [4.69, 9.17) is 0 Å². The van der Waals surface area contributed by atoms with Gasteiger partial charge in [0.15, 0.2) is 0 Å². The molecule has 0 saturated carbocycles. The zero-order chi connectivity index (χ0) is 20.3. The van der Waals surface area contributed by atoms with Gasteiger partial charge in [0.1, 0.15) is 0 Å². The van der Waals surface area contributed by atoms with E-state index in [2.05, 4.69) is 19.2 Å². The standard InChI is InChI=1S/C22H34N2O3S/c1-16(2)7-8-17(3)23-22(25)19-11-13-24(14-12-19)28(26,27)21-10-9-18-5-4-6-20(18)15-21/h9-10,15-17,19H,4-8,11-14H2,1-3H3,(H,23,25). The summed E-state index contributed by atoms with van der Waals surface area (Å²) >= 11 is 0. The molecule has 1 aliphatic heterocycles. The van der Waals surface area contributed by atoms with Crippen LogP contribution >= 0.6 is 0 Å². The van der Waals surface area contributed by atoms with Crippen molar-refractivity contribution in [2.75, 3.05) is 13.1 Å². The number of nitrogens with one attached hydrogen (secondary N) is 1. The Bertz CT molecular complexity index is 796. The number of sulfonamides is 1. The van der Waals surface area contributed by atoms with Crippen molar-refractivity contribution < 1.29 is 13.2 Å². The Morgan fingerprint density at radius 1 is 1.11 bits per heavy atom. The second-order valence-electron chi connectivity index (χ2n) is 8.84. The summed E-state index contributed by atoms with van der Waals surface area (Å²) in [4.78, 5) is 12.9. The molecule has 1 N–H and O–H groups in total. The second-order valence-corrected chi connectivity index (χ2v) is 10.8. The summed E-state index contributed by atoms with van der Waals surface area (Å²) in [6.07, 6.45) is 6.38. The fourth-order valence-electron chi connectivity index (χ4n) is 4.23. The van der Waals surface area contributed by atoms with Gasteiger partial charge in [0.25, 0.3) is 0 Å². The van der Waals surface area contributed by atoms with Crippen molar-refractivity contribution in [3.05, 3.63) is 29.3 Å². The van der Waals surface area contributed by atoms with Crippen LogP contribution in [0.1, 0.15) is 64.0 Å².